The van der Waals surface area contributed by atoms with E-state index in [0.29, 0.717) is 0 Å². The number of benzene rings is 1. The van der Waals surface area contributed by atoms with Crippen LogP contribution in [0.2, 0.25) is 0 Å². The Morgan fingerprint density at radius 2 is 2.15 bits per heavy atom. The molecule has 0 fully saturated rings. The first-order chi connectivity index (χ1) is 9.49. The molecule has 110 valence electrons. The predicted octanol–water partition coefficient (Wildman–Crippen LogP) is 1.56. The minimum Gasteiger partial charge on any atom is -0.490 e. The molecule has 0 aliphatic heterocycles. The van der Waals surface area contributed by atoms with E-state index in [1.165, 1.54) is 12.1 Å². The molecule has 0 aliphatic rings. The Balaban J connectivity index is 3.13. The summed E-state index contributed by atoms with van der Waals surface area (Å²) in [6.07, 6.45) is 0.239. The quantitative estimate of drug-likeness (QED) is 0.709. The van der Waals surface area contributed by atoms with Crippen LogP contribution in [0.3, 0.4) is 0 Å². The van der Waals surface area contributed by atoms with Gasteiger partial charge in [0.05, 0.1) is 6.61 Å². The maximum atomic E-state index is 12.2. The number of hydrogen-bond donors (Lipinski definition) is 2. The summed E-state index contributed by atoms with van der Waals surface area (Å²) in [5.41, 5.74) is 0.176. The fourth-order valence-corrected chi connectivity index (χ4v) is 1.54. The highest BCUT2D eigenvalue weighted by Crippen LogP contribution is 2.31. The molecule has 6 nitrogen and oxygen atoms in total. The molecule has 1 amide bonds. The summed E-state index contributed by atoms with van der Waals surface area (Å²) in [5.74, 6) is -1.52. The Bertz CT molecular complexity index is 481. The third-order valence-corrected chi connectivity index (χ3v) is 2.30. The third kappa shape index (κ3) is 4.08. The molecule has 0 bridgehead atoms. The molecule has 0 aromatic heterocycles. The molecule has 0 heterocycles. The zero-order valence-electron chi connectivity index (χ0n) is 10.5. The van der Waals surface area contributed by atoms with Crippen molar-refractivity contribution in [3.8, 4) is 11.5 Å². The maximum Gasteiger partial charge on any atom is 0.387 e. The van der Waals surface area contributed by atoms with Crippen LogP contribution in [0.25, 0.3) is 0 Å². The zero-order valence-corrected chi connectivity index (χ0v) is 10.5. The minimum atomic E-state index is -3.02. The van der Waals surface area contributed by atoms with Gasteiger partial charge in [-0.25, -0.2) is 4.79 Å². The summed E-state index contributed by atoms with van der Waals surface area (Å²) < 4.78 is 33.8. The average molecular weight is 289 g/mol. The highest BCUT2D eigenvalue weighted by atomic mass is 19.3. The first kappa shape index (κ1) is 15.7. The number of alkyl halides is 2. The molecule has 20 heavy (non-hydrogen) atoms. The van der Waals surface area contributed by atoms with Crippen molar-refractivity contribution in [2.24, 2.45) is 0 Å². The first-order valence-electron chi connectivity index (χ1n) is 5.63. The number of carboxylic acid groups (broad SMARTS) is 1. The number of carboxylic acids is 1. The smallest absolute Gasteiger partial charge is 0.387 e. The van der Waals surface area contributed by atoms with Gasteiger partial charge in [-0.2, -0.15) is 8.78 Å². The second kappa shape index (κ2) is 7.27. The lowest BCUT2D eigenvalue weighted by atomic mass is 10.1. The van der Waals surface area contributed by atoms with Crippen molar-refractivity contribution in [2.45, 2.75) is 19.6 Å². The van der Waals surface area contributed by atoms with Crippen LogP contribution in [0.5, 0.6) is 11.5 Å². The molecule has 0 aliphatic carbocycles. The molecular formula is C12H13F2NO5. The molecule has 8 heteroatoms. The molecule has 0 spiro atoms. The van der Waals surface area contributed by atoms with Crippen LogP contribution in [-0.2, 0) is 9.59 Å². The Hall–Kier alpha value is -2.38. The second-order valence-corrected chi connectivity index (χ2v) is 3.57. The van der Waals surface area contributed by atoms with Gasteiger partial charge in [0.25, 0.3) is 0 Å². The zero-order chi connectivity index (χ0) is 15.1. The number of ether oxygens (including phenoxy) is 2. The maximum absolute atomic E-state index is 12.2. The van der Waals surface area contributed by atoms with Crippen molar-refractivity contribution in [2.75, 3.05) is 6.61 Å². The van der Waals surface area contributed by atoms with E-state index in [9.17, 15) is 18.4 Å². The van der Waals surface area contributed by atoms with Crippen LogP contribution in [0.1, 0.15) is 18.5 Å². The van der Waals surface area contributed by atoms with E-state index in [1.54, 1.807) is 6.92 Å². The molecular weight excluding hydrogens is 276 g/mol. The average Bonchev–Trinajstić information content (AvgIpc) is 2.37. The van der Waals surface area contributed by atoms with Gasteiger partial charge >= 0.3 is 12.6 Å². The topological polar surface area (TPSA) is 84.9 Å². The van der Waals surface area contributed by atoms with E-state index in [2.05, 4.69) is 10.1 Å². The number of nitrogens with one attached hydrogen (secondary N) is 1. The van der Waals surface area contributed by atoms with Crippen molar-refractivity contribution in [1.29, 1.82) is 0 Å². The number of carbonyl (C=O) groups excluding carboxylic acids is 1. The summed E-state index contributed by atoms with van der Waals surface area (Å²) in [6, 6.07) is 2.35. The van der Waals surface area contributed by atoms with E-state index < -0.39 is 18.6 Å². The summed E-state index contributed by atoms with van der Waals surface area (Å²) in [6.45, 7) is -1.21. The van der Waals surface area contributed by atoms with Crippen molar-refractivity contribution < 1.29 is 33.0 Å². The highest BCUT2D eigenvalue weighted by molar-refractivity contribution is 5.78. The SMILES string of the molecule is CCOc1cc(C(NC=O)C(=O)O)ccc1OC(F)F. The molecule has 1 aromatic carbocycles. The largest absolute Gasteiger partial charge is 0.490 e. The number of carbonyl (C=O) groups is 2. The van der Waals surface area contributed by atoms with E-state index >= 15 is 0 Å². The lowest BCUT2D eigenvalue weighted by Gasteiger charge is -2.16. The standard InChI is InChI=1S/C12H13F2NO5/c1-2-19-9-5-7(10(11(17)18)15-6-16)3-4-8(9)20-12(13)14/h3-6,10,12H,2H2,1H3,(H,15,16)(H,17,18). The van der Waals surface area contributed by atoms with Crippen molar-refractivity contribution in [3.63, 3.8) is 0 Å². The second-order valence-electron chi connectivity index (χ2n) is 3.57. The number of rotatable bonds is 8. The summed E-state index contributed by atoms with van der Waals surface area (Å²) >= 11 is 0. The van der Waals surface area contributed by atoms with Gasteiger partial charge in [0.15, 0.2) is 17.5 Å². The highest BCUT2D eigenvalue weighted by Gasteiger charge is 2.21. The van der Waals surface area contributed by atoms with Crippen LogP contribution >= 0.6 is 0 Å². The number of halogens is 2. The Labute approximate surface area is 113 Å². The van der Waals surface area contributed by atoms with Crippen LogP contribution in [0, 0.1) is 0 Å². The predicted molar refractivity (Wildman–Crippen MR) is 63.8 cm³/mol. The van der Waals surface area contributed by atoms with Crippen LogP contribution in [0.15, 0.2) is 18.2 Å². The lowest BCUT2D eigenvalue weighted by Crippen LogP contribution is -2.27. The summed E-state index contributed by atoms with van der Waals surface area (Å²) in [5, 5.41) is 11.1. The van der Waals surface area contributed by atoms with Crippen LogP contribution < -0.4 is 14.8 Å². The molecule has 2 N–H and O–H groups in total. The van der Waals surface area contributed by atoms with Crippen molar-refractivity contribution in [3.05, 3.63) is 23.8 Å². The Morgan fingerprint density at radius 1 is 1.45 bits per heavy atom. The van der Waals surface area contributed by atoms with E-state index in [1.807, 2.05) is 0 Å². The van der Waals surface area contributed by atoms with Gasteiger partial charge in [0.2, 0.25) is 6.41 Å². The minimum absolute atomic E-state index is 0.0238. The summed E-state index contributed by atoms with van der Waals surface area (Å²) in [4.78, 5) is 21.4. The molecule has 0 saturated carbocycles. The third-order valence-electron chi connectivity index (χ3n) is 2.30. The van der Waals surface area contributed by atoms with Gasteiger partial charge in [0, 0.05) is 0 Å². The van der Waals surface area contributed by atoms with Gasteiger partial charge in [-0.05, 0) is 24.6 Å². The molecule has 1 aromatic rings. The van der Waals surface area contributed by atoms with Crippen LogP contribution in [0.4, 0.5) is 8.78 Å². The van der Waals surface area contributed by atoms with Gasteiger partial charge < -0.3 is 19.9 Å². The van der Waals surface area contributed by atoms with Gasteiger partial charge in [-0.3, -0.25) is 4.79 Å². The molecule has 1 rings (SSSR count). The number of hydrogen-bond acceptors (Lipinski definition) is 4. The van der Waals surface area contributed by atoms with Crippen LogP contribution in [-0.4, -0.2) is 30.7 Å². The van der Waals surface area contributed by atoms with E-state index in [4.69, 9.17) is 9.84 Å². The molecule has 0 saturated heterocycles. The lowest BCUT2D eigenvalue weighted by molar-refractivity contribution is -0.140. The van der Waals surface area contributed by atoms with Crippen molar-refractivity contribution >= 4 is 12.4 Å². The molecule has 1 unspecified atom stereocenters. The molecule has 1 atom stereocenters. The van der Waals surface area contributed by atoms with E-state index in [-0.39, 0.29) is 30.1 Å². The fraction of sp³-hybridized carbons (Fsp3) is 0.333. The molecule has 0 radical (unpaired) electrons. The normalized spacial score (nSPS) is 11.8. The first-order valence-corrected chi connectivity index (χ1v) is 5.63. The van der Waals surface area contributed by atoms with E-state index in [0.717, 1.165) is 6.07 Å². The van der Waals surface area contributed by atoms with Gasteiger partial charge in [0.1, 0.15) is 0 Å². The number of aliphatic carboxylic acids is 1. The van der Waals surface area contributed by atoms with Crippen molar-refractivity contribution in [1.82, 2.24) is 5.32 Å². The van der Waals surface area contributed by atoms with Gasteiger partial charge in [-0.15, -0.1) is 0 Å². The Kier molecular flexibility index (Phi) is 5.70. The fourth-order valence-electron chi connectivity index (χ4n) is 1.54. The Morgan fingerprint density at radius 3 is 2.65 bits per heavy atom. The number of amides is 1. The summed E-state index contributed by atoms with van der Waals surface area (Å²) in [7, 11) is 0. The van der Waals surface area contributed by atoms with Gasteiger partial charge in [-0.1, -0.05) is 6.07 Å². The monoisotopic (exact) mass is 289 g/mol.